The van der Waals surface area contributed by atoms with Crippen LogP contribution in [-0.2, 0) is 16.0 Å². The van der Waals surface area contributed by atoms with Crippen molar-refractivity contribution in [1.82, 2.24) is 9.80 Å². The number of rotatable bonds is 5. The van der Waals surface area contributed by atoms with Crippen molar-refractivity contribution in [2.24, 2.45) is 5.73 Å². The molecular weight excluding hydrogens is 278 g/mol. The van der Waals surface area contributed by atoms with Gasteiger partial charge < -0.3 is 15.5 Å². The predicted molar refractivity (Wildman–Crippen MR) is 86.3 cm³/mol. The topological polar surface area (TPSA) is 66.6 Å². The molecule has 1 aliphatic rings. The molecule has 5 nitrogen and oxygen atoms in total. The quantitative estimate of drug-likeness (QED) is 0.880. The van der Waals surface area contributed by atoms with Crippen LogP contribution in [0.4, 0.5) is 0 Å². The first-order chi connectivity index (χ1) is 10.6. The van der Waals surface area contributed by atoms with Crippen LogP contribution in [0.1, 0.15) is 24.0 Å². The minimum absolute atomic E-state index is 0.142. The van der Waals surface area contributed by atoms with E-state index in [9.17, 15) is 9.59 Å². The third-order valence-corrected chi connectivity index (χ3v) is 4.18. The summed E-state index contributed by atoms with van der Waals surface area (Å²) in [6.07, 6.45) is 1.67. The predicted octanol–water partition coefficient (Wildman–Crippen LogP) is 0.947. The molecule has 120 valence electrons. The van der Waals surface area contributed by atoms with Gasteiger partial charge in [0, 0.05) is 32.6 Å². The summed E-state index contributed by atoms with van der Waals surface area (Å²) in [6, 6.07) is 7.97. The van der Waals surface area contributed by atoms with Gasteiger partial charge in [-0.25, -0.2) is 0 Å². The van der Waals surface area contributed by atoms with E-state index in [1.54, 1.807) is 0 Å². The smallest absolute Gasteiger partial charge is 0.227 e. The van der Waals surface area contributed by atoms with Crippen molar-refractivity contribution < 1.29 is 9.59 Å². The molecule has 0 radical (unpaired) electrons. The molecule has 1 heterocycles. The Morgan fingerprint density at radius 2 is 1.64 bits per heavy atom. The highest BCUT2D eigenvalue weighted by Gasteiger charge is 2.23. The lowest BCUT2D eigenvalue weighted by Crippen LogP contribution is -2.51. The van der Waals surface area contributed by atoms with Crippen molar-refractivity contribution in [2.75, 3.05) is 32.7 Å². The summed E-state index contributed by atoms with van der Waals surface area (Å²) >= 11 is 0. The molecule has 0 unspecified atom stereocenters. The molecular formula is C17H25N3O2. The molecule has 1 aliphatic heterocycles. The van der Waals surface area contributed by atoms with Crippen molar-refractivity contribution in [2.45, 2.75) is 26.2 Å². The van der Waals surface area contributed by atoms with E-state index in [0.717, 1.165) is 17.5 Å². The Balaban J connectivity index is 1.82. The SMILES string of the molecule is Cc1ccccc1CC(=O)N1CCN(C(=O)CCCN)CC1. The lowest BCUT2D eigenvalue weighted by molar-refractivity contribution is -0.139. The van der Waals surface area contributed by atoms with Gasteiger partial charge in [0.15, 0.2) is 0 Å². The second-order valence-electron chi connectivity index (χ2n) is 5.76. The number of nitrogens with two attached hydrogens (primary N) is 1. The summed E-state index contributed by atoms with van der Waals surface area (Å²) in [6.45, 7) is 5.07. The Bertz CT molecular complexity index is 522. The van der Waals surface area contributed by atoms with E-state index in [4.69, 9.17) is 5.73 Å². The molecule has 5 heteroatoms. The Morgan fingerprint density at radius 1 is 1.05 bits per heavy atom. The molecule has 0 aliphatic carbocycles. The third kappa shape index (κ3) is 4.31. The summed E-state index contributed by atoms with van der Waals surface area (Å²) in [5, 5.41) is 0. The minimum Gasteiger partial charge on any atom is -0.339 e. The molecule has 2 amide bonds. The fourth-order valence-electron chi connectivity index (χ4n) is 2.70. The minimum atomic E-state index is 0.142. The zero-order valence-corrected chi connectivity index (χ0v) is 13.3. The van der Waals surface area contributed by atoms with Crippen LogP contribution in [0, 0.1) is 6.92 Å². The average Bonchev–Trinajstić information content (AvgIpc) is 2.55. The van der Waals surface area contributed by atoms with Gasteiger partial charge in [-0.1, -0.05) is 24.3 Å². The molecule has 1 aromatic rings. The van der Waals surface area contributed by atoms with Gasteiger partial charge in [-0.2, -0.15) is 0 Å². The molecule has 0 spiro atoms. The first kappa shape index (κ1) is 16.5. The van der Waals surface area contributed by atoms with Gasteiger partial charge >= 0.3 is 0 Å². The number of nitrogens with zero attached hydrogens (tertiary/aromatic N) is 2. The maximum absolute atomic E-state index is 12.4. The average molecular weight is 303 g/mol. The second kappa shape index (κ2) is 7.94. The van der Waals surface area contributed by atoms with E-state index in [-0.39, 0.29) is 11.8 Å². The number of hydrogen-bond donors (Lipinski definition) is 1. The lowest BCUT2D eigenvalue weighted by atomic mass is 10.1. The molecule has 1 saturated heterocycles. The van der Waals surface area contributed by atoms with Crippen LogP contribution in [0.15, 0.2) is 24.3 Å². The van der Waals surface area contributed by atoms with Crippen LogP contribution in [-0.4, -0.2) is 54.3 Å². The Labute approximate surface area is 132 Å². The zero-order chi connectivity index (χ0) is 15.9. The number of benzene rings is 1. The van der Waals surface area contributed by atoms with Gasteiger partial charge in [0.1, 0.15) is 0 Å². The summed E-state index contributed by atoms with van der Waals surface area (Å²) in [5.74, 6) is 0.291. The first-order valence-electron chi connectivity index (χ1n) is 7.92. The van der Waals surface area contributed by atoms with Gasteiger partial charge in [0.05, 0.1) is 6.42 Å². The zero-order valence-electron chi connectivity index (χ0n) is 13.3. The molecule has 2 N–H and O–H groups in total. The van der Waals surface area contributed by atoms with Crippen LogP contribution in [0.5, 0.6) is 0 Å². The van der Waals surface area contributed by atoms with Crippen molar-refractivity contribution in [3.8, 4) is 0 Å². The highest BCUT2D eigenvalue weighted by molar-refractivity contribution is 5.80. The number of carbonyl (C=O) groups excluding carboxylic acids is 2. The Hall–Kier alpha value is -1.88. The molecule has 1 aromatic carbocycles. The van der Waals surface area contributed by atoms with Crippen molar-refractivity contribution >= 4 is 11.8 Å². The molecule has 22 heavy (non-hydrogen) atoms. The number of carbonyl (C=O) groups is 2. The fourth-order valence-corrected chi connectivity index (χ4v) is 2.70. The van der Waals surface area contributed by atoms with E-state index < -0.39 is 0 Å². The van der Waals surface area contributed by atoms with Gasteiger partial charge in [-0.15, -0.1) is 0 Å². The van der Waals surface area contributed by atoms with Crippen LogP contribution in [0.2, 0.25) is 0 Å². The number of amides is 2. The molecule has 1 fully saturated rings. The largest absolute Gasteiger partial charge is 0.339 e. The highest BCUT2D eigenvalue weighted by atomic mass is 16.2. The van der Waals surface area contributed by atoms with Gasteiger partial charge in [0.2, 0.25) is 11.8 Å². The van der Waals surface area contributed by atoms with E-state index in [1.165, 1.54) is 0 Å². The normalized spacial score (nSPS) is 15.0. The van der Waals surface area contributed by atoms with Crippen molar-refractivity contribution in [3.05, 3.63) is 35.4 Å². The lowest BCUT2D eigenvalue weighted by Gasteiger charge is -2.35. The fraction of sp³-hybridized carbons (Fsp3) is 0.529. The van der Waals surface area contributed by atoms with E-state index in [0.29, 0.717) is 45.6 Å². The second-order valence-corrected chi connectivity index (χ2v) is 5.76. The molecule has 0 atom stereocenters. The third-order valence-electron chi connectivity index (χ3n) is 4.18. The molecule has 0 saturated carbocycles. The maximum Gasteiger partial charge on any atom is 0.227 e. The van der Waals surface area contributed by atoms with Crippen LogP contribution < -0.4 is 5.73 Å². The van der Waals surface area contributed by atoms with Crippen LogP contribution in [0.25, 0.3) is 0 Å². The summed E-state index contributed by atoms with van der Waals surface area (Å²) in [7, 11) is 0. The molecule has 0 bridgehead atoms. The van der Waals surface area contributed by atoms with Crippen LogP contribution in [0.3, 0.4) is 0 Å². The Morgan fingerprint density at radius 3 is 2.23 bits per heavy atom. The van der Waals surface area contributed by atoms with Gasteiger partial charge in [-0.3, -0.25) is 9.59 Å². The number of aryl methyl sites for hydroxylation is 1. The maximum atomic E-state index is 12.4. The van der Waals surface area contributed by atoms with Gasteiger partial charge in [-0.05, 0) is 31.0 Å². The van der Waals surface area contributed by atoms with E-state index in [2.05, 4.69) is 0 Å². The monoisotopic (exact) mass is 303 g/mol. The van der Waals surface area contributed by atoms with E-state index in [1.807, 2.05) is 41.0 Å². The van der Waals surface area contributed by atoms with Gasteiger partial charge in [0.25, 0.3) is 0 Å². The first-order valence-corrected chi connectivity index (χ1v) is 7.92. The Kier molecular flexibility index (Phi) is 5.95. The summed E-state index contributed by atoms with van der Waals surface area (Å²) in [5.41, 5.74) is 7.65. The molecule has 2 rings (SSSR count). The number of piperazine rings is 1. The highest BCUT2D eigenvalue weighted by Crippen LogP contribution is 2.11. The number of hydrogen-bond acceptors (Lipinski definition) is 3. The van der Waals surface area contributed by atoms with Crippen LogP contribution >= 0.6 is 0 Å². The van der Waals surface area contributed by atoms with Crippen molar-refractivity contribution in [1.29, 1.82) is 0 Å². The van der Waals surface area contributed by atoms with Crippen molar-refractivity contribution in [3.63, 3.8) is 0 Å². The summed E-state index contributed by atoms with van der Waals surface area (Å²) in [4.78, 5) is 28.0. The standard InChI is InChI=1S/C17H25N3O2/c1-14-5-2-3-6-15(14)13-17(22)20-11-9-19(10-12-20)16(21)7-4-8-18/h2-3,5-6H,4,7-13,18H2,1H3. The molecule has 0 aromatic heterocycles. The van der Waals surface area contributed by atoms with E-state index >= 15 is 0 Å². The summed E-state index contributed by atoms with van der Waals surface area (Å²) < 4.78 is 0.